The highest BCUT2D eigenvalue weighted by Gasteiger charge is 2.27. The Hall–Kier alpha value is -1.11. The van der Waals surface area contributed by atoms with Gasteiger partial charge in [-0.2, -0.15) is 5.10 Å². The Morgan fingerprint density at radius 3 is 2.95 bits per heavy atom. The molecule has 2 atom stereocenters. The fourth-order valence-electron chi connectivity index (χ4n) is 2.61. The SMILES string of the molecule is COc1cnn(C(C)C)c1C(CC1CCCO1)NN. The smallest absolute Gasteiger partial charge is 0.161 e. The van der Waals surface area contributed by atoms with Crippen LogP contribution < -0.4 is 16.0 Å². The van der Waals surface area contributed by atoms with Crippen molar-refractivity contribution in [3.8, 4) is 5.75 Å². The van der Waals surface area contributed by atoms with Crippen LogP contribution in [0.2, 0.25) is 0 Å². The summed E-state index contributed by atoms with van der Waals surface area (Å²) in [4.78, 5) is 0. The molecular formula is C13H24N4O2. The minimum Gasteiger partial charge on any atom is -0.493 e. The van der Waals surface area contributed by atoms with E-state index in [0.717, 1.165) is 37.3 Å². The van der Waals surface area contributed by atoms with Crippen LogP contribution in [-0.4, -0.2) is 29.6 Å². The van der Waals surface area contributed by atoms with E-state index in [1.807, 2.05) is 4.68 Å². The molecule has 0 bridgehead atoms. The first-order valence-electron chi connectivity index (χ1n) is 6.86. The number of nitrogens with two attached hydrogens (primary N) is 1. The maximum atomic E-state index is 5.73. The second kappa shape index (κ2) is 6.36. The van der Waals surface area contributed by atoms with E-state index in [1.165, 1.54) is 0 Å². The number of aromatic nitrogens is 2. The van der Waals surface area contributed by atoms with E-state index >= 15 is 0 Å². The number of hydrogen-bond donors (Lipinski definition) is 2. The number of hydrogen-bond acceptors (Lipinski definition) is 5. The number of methoxy groups -OCH3 is 1. The first-order valence-corrected chi connectivity index (χ1v) is 6.86. The fraction of sp³-hybridized carbons (Fsp3) is 0.769. The van der Waals surface area contributed by atoms with Crippen LogP contribution in [0.4, 0.5) is 0 Å². The molecule has 2 unspecified atom stereocenters. The number of ether oxygens (including phenoxy) is 2. The third-order valence-corrected chi connectivity index (χ3v) is 3.56. The molecule has 108 valence electrons. The molecule has 6 heteroatoms. The number of nitrogens with zero attached hydrogens (tertiary/aromatic N) is 2. The van der Waals surface area contributed by atoms with Crippen molar-refractivity contribution in [2.75, 3.05) is 13.7 Å². The van der Waals surface area contributed by atoms with Crippen molar-refractivity contribution in [1.29, 1.82) is 0 Å². The van der Waals surface area contributed by atoms with Gasteiger partial charge in [0.1, 0.15) is 0 Å². The Morgan fingerprint density at radius 1 is 1.63 bits per heavy atom. The van der Waals surface area contributed by atoms with E-state index in [4.69, 9.17) is 15.3 Å². The van der Waals surface area contributed by atoms with E-state index in [-0.39, 0.29) is 18.2 Å². The normalized spacial score (nSPS) is 21.0. The topological polar surface area (TPSA) is 74.3 Å². The van der Waals surface area contributed by atoms with Crippen LogP contribution in [0.3, 0.4) is 0 Å². The second-order valence-electron chi connectivity index (χ2n) is 5.23. The summed E-state index contributed by atoms with van der Waals surface area (Å²) in [5.74, 6) is 6.51. The molecule has 3 N–H and O–H groups in total. The van der Waals surface area contributed by atoms with Crippen molar-refractivity contribution in [3.63, 3.8) is 0 Å². The zero-order valence-corrected chi connectivity index (χ0v) is 11.9. The van der Waals surface area contributed by atoms with Crippen LogP contribution in [0.1, 0.15) is 50.9 Å². The van der Waals surface area contributed by atoms with Crippen LogP contribution in [0.15, 0.2) is 6.20 Å². The minimum absolute atomic E-state index is 0.0112. The zero-order chi connectivity index (χ0) is 13.8. The minimum atomic E-state index is -0.0112. The summed E-state index contributed by atoms with van der Waals surface area (Å²) in [5.41, 5.74) is 3.88. The molecule has 1 aromatic rings. The number of hydrazine groups is 1. The zero-order valence-electron chi connectivity index (χ0n) is 11.9. The lowest BCUT2D eigenvalue weighted by Crippen LogP contribution is -2.33. The monoisotopic (exact) mass is 268 g/mol. The van der Waals surface area contributed by atoms with E-state index in [0.29, 0.717) is 0 Å². The molecule has 0 amide bonds. The van der Waals surface area contributed by atoms with Crippen molar-refractivity contribution >= 4 is 0 Å². The maximum absolute atomic E-state index is 5.73. The van der Waals surface area contributed by atoms with Gasteiger partial charge in [-0.3, -0.25) is 16.0 Å². The summed E-state index contributed by atoms with van der Waals surface area (Å²) in [7, 11) is 1.66. The Kier molecular flexibility index (Phi) is 4.79. The maximum Gasteiger partial charge on any atom is 0.161 e. The molecule has 1 aromatic heterocycles. The van der Waals surface area contributed by atoms with Crippen molar-refractivity contribution in [2.45, 2.75) is 51.3 Å². The Labute approximate surface area is 114 Å². The molecule has 0 aromatic carbocycles. The van der Waals surface area contributed by atoms with Gasteiger partial charge in [-0.05, 0) is 33.1 Å². The van der Waals surface area contributed by atoms with Gasteiger partial charge in [0, 0.05) is 12.6 Å². The molecule has 1 fully saturated rings. The Balaban J connectivity index is 2.22. The molecule has 1 aliphatic rings. The van der Waals surface area contributed by atoms with E-state index in [2.05, 4.69) is 24.4 Å². The first-order chi connectivity index (χ1) is 9.17. The summed E-state index contributed by atoms with van der Waals surface area (Å²) >= 11 is 0. The van der Waals surface area contributed by atoms with Crippen LogP contribution in [0.5, 0.6) is 5.75 Å². The van der Waals surface area contributed by atoms with E-state index in [1.54, 1.807) is 13.3 Å². The van der Waals surface area contributed by atoms with Gasteiger partial charge < -0.3 is 9.47 Å². The van der Waals surface area contributed by atoms with Crippen LogP contribution in [0, 0.1) is 0 Å². The van der Waals surface area contributed by atoms with Gasteiger partial charge in [-0.25, -0.2) is 0 Å². The highest BCUT2D eigenvalue weighted by Crippen LogP contribution is 2.32. The molecule has 19 heavy (non-hydrogen) atoms. The lowest BCUT2D eigenvalue weighted by Gasteiger charge is -2.23. The average molecular weight is 268 g/mol. The standard InChI is InChI=1S/C13H24N4O2/c1-9(2)17-13(12(18-3)8-15-17)11(16-14)7-10-5-4-6-19-10/h8-11,16H,4-7,14H2,1-3H3. The molecule has 2 heterocycles. The summed E-state index contributed by atoms with van der Waals surface area (Å²) in [5, 5.41) is 4.39. The molecule has 0 radical (unpaired) electrons. The van der Waals surface area contributed by atoms with Gasteiger partial charge in [-0.15, -0.1) is 0 Å². The summed E-state index contributed by atoms with van der Waals surface area (Å²) in [6, 6.07) is 0.252. The fourth-order valence-corrected chi connectivity index (χ4v) is 2.61. The van der Waals surface area contributed by atoms with Gasteiger partial charge in [0.25, 0.3) is 0 Å². The van der Waals surface area contributed by atoms with Gasteiger partial charge in [0.05, 0.1) is 31.1 Å². The molecular weight excluding hydrogens is 244 g/mol. The van der Waals surface area contributed by atoms with Crippen molar-refractivity contribution in [3.05, 3.63) is 11.9 Å². The highest BCUT2D eigenvalue weighted by molar-refractivity contribution is 5.28. The molecule has 1 aliphatic heterocycles. The van der Waals surface area contributed by atoms with Crippen LogP contribution >= 0.6 is 0 Å². The number of nitrogens with one attached hydrogen (secondary N) is 1. The molecule has 1 saturated heterocycles. The molecule has 0 aliphatic carbocycles. The average Bonchev–Trinajstić information content (AvgIpc) is 3.04. The van der Waals surface area contributed by atoms with Gasteiger partial charge >= 0.3 is 0 Å². The van der Waals surface area contributed by atoms with E-state index < -0.39 is 0 Å². The summed E-state index contributed by atoms with van der Waals surface area (Å²) < 4.78 is 13.1. The lowest BCUT2D eigenvalue weighted by molar-refractivity contribution is 0.0931. The van der Waals surface area contributed by atoms with Crippen molar-refractivity contribution in [2.24, 2.45) is 5.84 Å². The first kappa shape index (κ1) is 14.3. The molecule has 0 spiro atoms. The third-order valence-electron chi connectivity index (χ3n) is 3.56. The summed E-state index contributed by atoms with van der Waals surface area (Å²) in [6.07, 6.45) is 5.07. The molecule has 2 rings (SSSR count). The Morgan fingerprint density at radius 2 is 2.42 bits per heavy atom. The van der Waals surface area contributed by atoms with Crippen molar-refractivity contribution in [1.82, 2.24) is 15.2 Å². The van der Waals surface area contributed by atoms with Gasteiger partial charge in [0.15, 0.2) is 5.75 Å². The summed E-state index contributed by atoms with van der Waals surface area (Å²) in [6.45, 7) is 5.04. The molecule has 0 saturated carbocycles. The van der Waals surface area contributed by atoms with Crippen molar-refractivity contribution < 1.29 is 9.47 Å². The predicted molar refractivity (Wildman–Crippen MR) is 72.8 cm³/mol. The third kappa shape index (κ3) is 3.08. The highest BCUT2D eigenvalue weighted by atomic mass is 16.5. The number of rotatable bonds is 6. The van der Waals surface area contributed by atoms with Crippen LogP contribution in [0.25, 0.3) is 0 Å². The largest absolute Gasteiger partial charge is 0.493 e. The van der Waals surface area contributed by atoms with Crippen LogP contribution in [-0.2, 0) is 4.74 Å². The Bertz CT molecular complexity index is 399. The molecule has 6 nitrogen and oxygen atoms in total. The van der Waals surface area contributed by atoms with E-state index in [9.17, 15) is 0 Å². The second-order valence-corrected chi connectivity index (χ2v) is 5.23. The van der Waals surface area contributed by atoms with Gasteiger partial charge in [0.2, 0.25) is 0 Å². The quantitative estimate of drug-likeness (QED) is 0.605. The van der Waals surface area contributed by atoms with Gasteiger partial charge in [-0.1, -0.05) is 0 Å². The predicted octanol–water partition coefficient (Wildman–Crippen LogP) is 1.55. The lowest BCUT2D eigenvalue weighted by atomic mass is 10.0.